The molecule has 0 saturated heterocycles. The van der Waals surface area contributed by atoms with Crippen LogP contribution in [0.1, 0.15) is 31.9 Å². The molecule has 0 aromatic heterocycles. The summed E-state index contributed by atoms with van der Waals surface area (Å²) in [6.07, 6.45) is 0.803. The van der Waals surface area contributed by atoms with Crippen molar-refractivity contribution in [3.8, 4) is 11.8 Å². The van der Waals surface area contributed by atoms with Gasteiger partial charge in [0.05, 0.1) is 0 Å². The molecule has 0 aliphatic heterocycles. The SMILES string of the molecule is CC#CCC(NCC)c1cc(Cl)cc(Br)c1. The lowest BCUT2D eigenvalue weighted by Crippen LogP contribution is -2.20. The Balaban J connectivity index is 2.93. The molecule has 0 aliphatic carbocycles. The molecular formula is C13H15BrClN. The molecule has 1 rings (SSSR count). The van der Waals surface area contributed by atoms with E-state index in [-0.39, 0.29) is 6.04 Å². The van der Waals surface area contributed by atoms with Crippen molar-refractivity contribution in [2.75, 3.05) is 6.54 Å². The van der Waals surface area contributed by atoms with Gasteiger partial charge in [0.2, 0.25) is 0 Å². The van der Waals surface area contributed by atoms with Crippen LogP contribution in [0.3, 0.4) is 0 Å². The van der Waals surface area contributed by atoms with E-state index >= 15 is 0 Å². The largest absolute Gasteiger partial charge is 0.309 e. The Hall–Kier alpha value is -0.490. The molecule has 1 unspecified atom stereocenters. The molecule has 0 amide bonds. The molecule has 0 saturated carbocycles. The van der Waals surface area contributed by atoms with Crippen LogP contribution in [0.4, 0.5) is 0 Å². The molecule has 16 heavy (non-hydrogen) atoms. The average molecular weight is 301 g/mol. The second-order valence-electron chi connectivity index (χ2n) is 3.44. The first-order chi connectivity index (χ1) is 7.67. The van der Waals surface area contributed by atoms with Crippen LogP contribution in [0.25, 0.3) is 0 Å². The molecule has 0 heterocycles. The van der Waals surface area contributed by atoms with Crippen molar-refractivity contribution in [1.82, 2.24) is 5.32 Å². The molecule has 0 spiro atoms. The summed E-state index contributed by atoms with van der Waals surface area (Å²) in [5.41, 5.74) is 1.17. The average Bonchev–Trinajstić information content (AvgIpc) is 2.22. The van der Waals surface area contributed by atoms with Crippen LogP contribution >= 0.6 is 27.5 Å². The van der Waals surface area contributed by atoms with E-state index in [4.69, 9.17) is 11.6 Å². The van der Waals surface area contributed by atoms with Gasteiger partial charge in [0, 0.05) is 22.0 Å². The van der Waals surface area contributed by atoms with Gasteiger partial charge in [0.1, 0.15) is 0 Å². The zero-order valence-corrected chi connectivity index (χ0v) is 11.8. The maximum absolute atomic E-state index is 6.03. The Bertz CT molecular complexity index is 386. The lowest BCUT2D eigenvalue weighted by Gasteiger charge is -2.16. The van der Waals surface area contributed by atoms with Crippen molar-refractivity contribution in [3.63, 3.8) is 0 Å². The maximum atomic E-state index is 6.03. The van der Waals surface area contributed by atoms with Crippen LogP contribution in [0.2, 0.25) is 5.02 Å². The lowest BCUT2D eigenvalue weighted by molar-refractivity contribution is 0.565. The monoisotopic (exact) mass is 299 g/mol. The van der Waals surface area contributed by atoms with Gasteiger partial charge in [-0.25, -0.2) is 0 Å². The van der Waals surface area contributed by atoms with E-state index in [9.17, 15) is 0 Å². The van der Waals surface area contributed by atoms with Gasteiger partial charge in [-0.15, -0.1) is 11.8 Å². The molecule has 1 N–H and O–H groups in total. The van der Waals surface area contributed by atoms with Gasteiger partial charge in [-0.05, 0) is 37.2 Å². The number of benzene rings is 1. The van der Waals surface area contributed by atoms with Crippen LogP contribution in [-0.4, -0.2) is 6.54 Å². The highest BCUT2D eigenvalue weighted by atomic mass is 79.9. The fourth-order valence-electron chi connectivity index (χ4n) is 1.53. The summed E-state index contributed by atoms with van der Waals surface area (Å²) in [6, 6.07) is 6.19. The highest BCUT2D eigenvalue weighted by molar-refractivity contribution is 9.10. The first-order valence-electron chi connectivity index (χ1n) is 5.26. The zero-order valence-electron chi connectivity index (χ0n) is 9.48. The Morgan fingerprint density at radius 1 is 1.44 bits per heavy atom. The first-order valence-corrected chi connectivity index (χ1v) is 6.43. The number of hydrogen-bond acceptors (Lipinski definition) is 1. The minimum atomic E-state index is 0.243. The van der Waals surface area contributed by atoms with E-state index in [2.05, 4.69) is 46.1 Å². The normalized spacial score (nSPS) is 11.8. The predicted octanol–water partition coefficient (Wildman–Crippen LogP) is 4.17. The molecule has 1 aromatic carbocycles. The summed E-state index contributed by atoms with van der Waals surface area (Å²) in [7, 11) is 0. The van der Waals surface area contributed by atoms with E-state index in [0.717, 1.165) is 22.5 Å². The fraction of sp³-hybridized carbons (Fsp3) is 0.385. The number of rotatable bonds is 4. The molecule has 0 radical (unpaired) electrons. The van der Waals surface area contributed by atoms with Gasteiger partial charge in [-0.1, -0.05) is 34.5 Å². The maximum Gasteiger partial charge on any atom is 0.0431 e. The highest BCUT2D eigenvalue weighted by Gasteiger charge is 2.10. The highest BCUT2D eigenvalue weighted by Crippen LogP contribution is 2.25. The number of hydrogen-bond donors (Lipinski definition) is 1. The third kappa shape index (κ3) is 4.17. The van der Waals surface area contributed by atoms with E-state index in [1.807, 2.05) is 19.1 Å². The third-order valence-electron chi connectivity index (χ3n) is 2.22. The number of nitrogens with one attached hydrogen (secondary N) is 1. The summed E-state index contributed by atoms with van der Waals surface area (Å²) in [5, 5.41) is 4.15. The van der Waals surface area contributed by atoms with Gasteiger partial charge in [-0.3, -0.25) is 0 Å². The molecule has 0 bridgehead atoms. The minimum Gasteiger partial charge on any atom is -0.309 e. The van der Waals surface area contributed by atoms with Crippen LogP contribution in [0.5, 0.6) is 0 Å². The van der Waals surface area contributed by atoms with Crippen LogP contribution in [-0.2, 0) is 0 Å². The molecule has 3 heteroatoms. The summed E-state index contributed by atoms with van der Waals surface area (Å²) in [4.78, 5) is 0. The molecule has 86 valence electrons. The Morgan fingerprint density at radius 3 is 2.75 bits per heavy atom. The molecule has 1 aromatic rings. The first kappa shape index (κ1) is 13.6. The van der Waals surface area contributed by atoms with E-state index in [0.29, 0.717) is 0 Å². The summed E-state index contributed by atoms with van der Waals surface area (Å²) < 4.78 is 1.00. The van der Waals surface area contributed by atoms with E-state index in [1.165, 1.54) is 5.56 Å². The van der Waals surface area contributed by atoms with Crippen LogP contribution < -0.4 is 5.32 Å². The number of halogens is 2. The van der Waals surface area contributed by atoms with Gasteiger partial charge in [-0.2, -0.15) is 0 Å². The van der Waals surface area contributed by atoms with Crippen molar-refractivity contribution < 1.29 is 0 Å². The quantitative estimate of drug-likeness (QED) is 0.823. The van der Waals surface area contributed by atoms with Crippen molar-refractivity contribution in [2.45, 2.75) is 26.3 Å². The molecule has 1 nitrogen and oxygen atoms in total. The molecular weight excluding hydrogens is 286 g/mol. The second kappa shape index (κ2) is 6.96. The van der Waals surface area contributed by atoms with Crippen molar-refractivity contribution in [3.05, 3.63) is 33.3 Å². The third-order valence-corrected chi connectivity index (χ3v) is 2.90. The molecule has 1 atom stereocenters. The van der Waals surface area contributed by atoms with Gasteiger partial charge >= 0.3 is 0 Å². The standard InChI is InChI=1S/C13H15BrClN/c1-3-5-6-13(16-4-2)10-7-11(14)9-12(15)8-10/h7-9,13,16H,4,6H2,1-2H3. The summed E-state index contributed by atoms with van der Waals surface area (Å²) in [6.45, 7) is 4.86. The second-order valence-corrected chi connectivity index (χ2v) is 4.80. The van der Waals surface area contributed by atoms with Gasteiger partial charge in [0.25, 0.3) is 0 Å². The minimum absolute atomic E-state index is 0.243. The Morgan fingerprint density at radius 2 is 2.19 bits per heavy atom. The van der Waals surface area contributed by atoms with E-state index < -0.39 is 0 Å². The van der Waals surface area contributed by atoms with Crippen molar-refractivity contribution >= 4 is 27.5 Å². The smallest absolute Gasteiger partial charge is 0.0431 e. The van der Waals surface area contributed by atoms with Crippen molar-refractivity contribution in [1.29, 1.82) is 0 Å². The topological polar surface area (TPSA) is 12.0 Å². The predicted molar refractivity (Wildman–Crippen MR) is 73.6 cm³/mol. The lowest BCUT2D eigenvalue weighted by atomic mass is 10.0. The molecule has 0 fully saturated rings. The fourth-order valence-corrected chi connectivity index (χ4v) is 2.42. The van der Waals surface area contributed by atoms with Crippen molar-refractivity contribution in [2.24, 2.45) is 0 Å². The Kier molecular flexibility index (Phi) is 5.90. The van der Waals surface area contributed by atoms with Crippen LogP contribution in [0, 0.1) is 11.8 Å². The van der Waals surface area contributed by atoms with Gasteiger partial charge < -0.3 is 5.32 Å². The zero-order chi connectivity index (χ0) is 12.0. The van der Waals surface area contributed by atoms with E-state index in [1.54, 1.807) is 0 Å². The van der Waals surface area contributed by atoms with Gasteiger partial charge in [0.15, 0.2) is 0 Å². The molecule has 0 aliphatic rings. The summed E-state index contributed by atoms with van der Waals surface area (Å²) in [5.74, 6) is 6.02. The summed E-state index contributed by atoms with van der Waals surface area (Å²) >= 11 is 9.49. The van der Waals surface area contributed by atoms with Crippen LogP contribution in [0.15, 0.2) is 22.7 Å². The Labute approximate surface area is 111 Å².